The number of benzene rings is 1. The van der Waals surface area contributed by atoms with Crippen LogP contribution < -0.4 is 0 Å². The first-order valence-electron chi connectivity index (χ1n) is 6.73. The van der Waals surface area contributed by atoms with Gasteiger partial charge in [-0.3, -0.25) is 14.4 Å². The fourth-order valence-corrected chi connectivity index (χ4v) is 2.35. The molecule has 0 amide bonds. The molecule has 0 aliphatic rings. The van der Waals surface area contributed by atoms with Crippen LogP contribution in [0.5, 0.6) is 0 Å². The number of ether oxygens (including phenoxy) is 1. The molecule has 1 aromatic heterocycles. The van der Waals surface area contributed by atoms with Crippen molar-refractivity contribution in [3.8, 4) is 0 Å². The highest BCUT2D eigenvalue weighted by atomic mass is 16.6. The van der Waals surface area contributed by atoms with Gasteiger partial charge in [0.1, 0.15) is 5.52 Å². The van der Waals surface area contributed by atoms with Crippen molar-refractivity contribution < 1.29 is 34.1 Å². The number of fused-ring (bicyclic) bond motifs is 1. The maximum Gasteiger partial charge on any atom is 0.343 e. The summed E-state index contributed by atoms with van der Waals surface area (Å²) in [6.45, 7) is 0.948. The number of carboxylic acid groups (broad SMARTS) is 2. The normalized spacial score (nSPS) is 11.2. The first-order chi connectivity index (χ1) is 11.3. The first-order valence-corrected chi connectivity index (χ1v) is 6.73. The summed E-state index contributed by atoms with van der Waals surface area (Å²) < 4.78 is 5.38. The Bertz CT molecular complexity index is 811. The minimum Gasteiger partial charge on any atom is -0.481 e. The van der Waals surface area contributed by atoms with Crippen molar-refractivity contribution in [2.45, 2.75) is 25.3 Å². The van der Waals surface area contributed by atoms with Crippen LogP contribution in [0.1, 0.15) is 19.8 Å². The number of carboxylic acids is 2. The molecule has 0 unspecified atom stereocenters. The average molecular weight is 335 g/mol. The van der Waals surface area contributed by atoms with E-state index in [1.54, 1.807) is 18.2 Å². The summed E-state index contributed by atoms with van der Waals surface area (Å²) in [5.74, 6) is -5.24. The van der Waals surface area contributed by atoms with Crippen LogP contribution >= 0.6 is 0 Å². The van der Waals surface area contributed by atoms with Crippen molar-refractivity contribution >= 4 is 34.9 Å². The van der Waals surface area contributed by atoms with Crippen molar-refractivity contribution in [1.82, 2.24) is 15.0 Å². The third-order valence-electron chi connectivity index (χ3n) is 3.26. The molecule has 1 aromatic carbocycles. The van der Waals surface area contributed by atoms with Gasteiger partial charge in [0.05, 0.1) is 18.4 Å². The highest BCUT2D eigenvalue weighted by Gasteiger charge is 2.49. The molecule has 24 heavy (non-hydrogen) atoms. The number of esters is 2. The Balaban J connectivity index is 2.71. The molecule has 2 aromatic rings. The number of nitrogens with zero attached hydrogens (tertiary/aromatic N) is 3. The molecule has 0 radical (unpaired) electrons. The Kier molecular flexibility index (Phi) is 4.58. The second kappa shape index (κ2) is 6.44. The van der Waals surface area contributed by atoms with E-state index in [4.69, 9.17) is 10.2 Å². The van der Waals surface area contributed by atoms with Crippen LogP contribution in [0.25, 0.3) is 11.0 Å². The lowest BCUT2D eigenvalue weighted by atomic mass is 9.90. The van der Waals surface area contributed by atoms with Gasteiger partial charge in [-0.25, -0.2) is 9.48 Å². The zero-order chi connectivity index (χ0) is 17.9. The molecule has 2 N–H and O–H groups in total. The van der Waals surface area contributed by atoms with Gasteiger partial charge in [-0.1, -0.05) is 17.3 Å². The van der Waals surface area contributed by atoms with Crippen molar-refractivity contribution in [3.05, 3.63) is 24.3 Å². The number of aliphatic carboxylic acids is 2. The lowest BCUT2D eigenvalue weighted by Crippen LogP contribution is -2.48. The molecule has 0 spiro atoms. The minimum atomic E-state index is -2.25. The van der Waals surface area contributed by atoms with E-state index in [0.29, 0.717) is 5.52 Å². The molecule has 1 heterocycles. The van der Waals surface area contributed by atoms with Gasteiger partial charge in [-0.05, 0) is 12.1 Å². The molecule has 0 atom stereocenters. The van der Waals surface area contributed by atoms with Gasteiger partial charge >= 0.3 is 23.9 Å². The van der Waals surface area contributed by atoms with E-state index in [9.17, 15) is 19.2 Å². The Hall–Kier alpha value is -3.30. The van der Waals surface area contributed by atoms with Gasteiger partial charge in [0.25, 0.3) is 0 Å². The third kappa shape index (κ3) is 3.21. The molecule has 0 aliphatic carbocycles. The van der Waals surface area contributed by atoms with Crippen molar-refractivity contribution in [2.24, 2.45) is 0 Å². The van der Waals surface area contributed by atoms with Gasteiger partial charge in [0, 0.05) is 6.92 Å². The molecule has 0 saturated carbocycles. The maximum atomic E-state index is 12.4. The quantitative estimate of drug-likeness (QED) is 0.556. The largest absolute Gasteiger partial charge is 0.481 e. The predicted molar refractivity (Wildman–Crippen MR) is 76.8 cm³/mol. The molecular formula is C14H13N3O7. The highest BCUT2D eigenvalue weighted by molar-refractivity contribution is 5.95. The summed E-state index contributed by atoms with van der Waals surface area (Å²) in [5.41, 5.74) is -1.69. The zero-order valence-corrected chi connectivity index (χ0v) is 12.5. The fourth-order valence-electron chi connectivity index (χ4n) is 2.35. The van der Waals surface area contributed by atoms with E-state index in [1.165, 1.54) is 6.07 Å². The van der Waals surface area contributed by atoms with Crippen molar-refractivity contribution in [1.29, 1.82) is 0 Å². The van der Waals surface area contributed by atoms with E-state index in [1.807, 2.05) is 0 Å². The Morgan fingerprint density at radius 1 is 1.12 bits per heavy atom. The van der Waals surface area contributed by atoms with Gasteiger partial charge in [-0.15, -0.1) is 5.10 Å². The van der Waals surface area contributed by atoms with E-state index in [2.05, 4.69) is 15.0 Å². The van der Waals surface area contributed by atoms with E-state index >= 15 is 0 Å². The number of hydrogen-bond acceptors (Lipinski definition) is 7. The second-order valence-corrected chi connectivity index (χ2v) is 5.04. The molecule has 0 fully saturated rings. The molecule has 0 saturated heterocycles. The van der Waals surface area contributed by atoms with E-state index < -0.39 is 42.3 Å². The summed E-state index contributed by atoms with van der Waals surface area (Å²) in [6, 6.07) is 6.28. The zero-order valence-electron chi connectivity index (χ0n) is 12.5. The summed E-state index contributed by atoms with van der Waals surface area (Å²) in [5, 5.41) is 25.9. The minimum absolute atomic E-state index is 0.237. The number of carbonyl (C=O) groups is 4. The Morgan fingerprint density at radius 3 is 2.25 bits per heavy atom. The molecule has 10 heteroatoms. The summed E-state index contributed by atoms with van der Waals surface area (Å²) in [4.78, 5) is 46.1. The van der Waals surface area contributed by atoms with Crippen molar-refractivity contribution in [3.63, 3.8) is 0 Å². The van der Waals surface area contributed by atoms with Crippen LogP contribution in [0.2, 0.25) is 0 Å². The number of aromatic nitrogens is 3. The smallest absolute Gasteiger partial charge is 0.343 e. The Labute approximate surface area is 134 Å². The van der Waals surface area contributed by atoms with Crippen LogP contribution in [-0.2, 0) is 29.5 Å². The lowest BCUT2D eigenvalue weighted by molar-refractivity contribution is -0.171. The summed E-state index contributed by atoms with van der Waals surface area (Å²) >= 11 is 0. The number of hydrogen-bond donors (Lipinski definition) is 2. The highest BCUT2D eigenvalue weighted by Crippen LogP contribution is 2.30. The lowest BCUT2D eigenvalue weighted by Gasteiger charge is -2.28. The first kappa shape index (κ1) is 17.1. The van der Waals surface area contributed by atoms with Crippen molar-refractivity contribution in [2.75, 3.05) is 0 Å². The Morgan fingerprint density at radius 2 is 1.71 bits per heavy atom. The monoisotopic (exact) mass is 335 g/mol. The third-order valence-corrected chi connectivity index (χ3v) is 3.26. The van der Waals surface area contributed by atoms with Crippen LogP contribution in [-0.4, -0.2) is 49.1 Å². The molecular weight excluding hydrogens is 322 g/mol. The summed E-state index contributed by atoms with van der Waals surface area (Å²) in [6.07, 6.45) is -1.89. The van der Waals surface area contributed by atoms with Crippen LogP contribution in [0.4, 0.5) is 0 Å². The van der Waals surface area contributed by atoms with E-state index in [-0.39, 0.29) is 5.52 Å². The molecule has 0 bridgehead atoms. The predicted octanol–water partition coefficient (Wildman–Crippen LogP) is 0.166. The molecule has 2 rings (SSSR count). The van der Waals surface area contributed by atoms with Crippen LogP contribution in [0.3, 0.4) is 0 Å². The van der Waals surface area contributed by atoms with Gasteiger partial charge < -0.3 is 14.9 Å². The molecule has 126 valence electrons. The number of rotatable bonds is 6. The van der Waals surface area contributed by atoms with Gasteiger partial charge in [0.15, 0.2) is 5.54 Å². The van der Waals surface area contributed by atoms with E-state index in [0.717, 1.165) is 11.6 Å². The number of carbonyl (C=O) groups excluding carboxylic acids is 2. The standard InChI is InChI=1S/C14H13N3O7/c1-8(18)24-13(23)14(6-11(19)20,7-12(21)22)17-10-5-3-2-4-9(10)15-16-17/h2-5H,6-7H2,1H3,(H,19,20)(H,21,22). The summed E-state index contributed by atoms with van der Waals surface area (Å²) in [7, 11) is 0. The van der Waals surface area contributed by atoms with Crippen LogP contribution in [0.15, 0.2) is 24.3 Å². The maximum absolute atomic E-state index is 12.4. The molecule has 0 aliphatic heterocycles. The van der Waals surface area contributed by atoms with Crippen LogP contribution in [0, 0.1) is 0 Å². The number of para-hydroxylation sites is 1. The van der Waals surface area contributed by atoms with Gasteiger partial charge in [-0.2, -0.15) is 0 Å². The fraction of sp³-hybridized carbons (Fsp3) is 0.286. The molecule has 10 nitrogen and oxygen atoms in total. The second-order valence-electron chi connectivity index (χ2n) is 5.04. The average Bonchev–Trinajstić information content (AvgIpc) is 2.88. The van der Waals surface area contributed by atoms with Gasteiger partial charge in [0.2, 0.25) is 0 Å². The SMILES string of the molecule is CC(=O)OC(=O)C(CC(=O)O)(CC(=O)O)n1nnc2ccccc21. The topological polar surface area (TPSA) is 149 Å².